The highest BCUT2D eigenvalue weighted by Crippen LogP contribution is 2.41. The van der Waals surface area contributed by atoms with Gasteiger partial charge in [0.2, 0.25) is 0 Å². The maximum atomic E-state index is 13.6. The first-order chi connectivity index (χ1) is 20.6. The summed E-state index contributed by atoms with van der Waals surface area (Å²) in [5, 5.41) is 10.3. The zero-order chi connectivity index (χ0) is 31.4. The summed E-state index contributed by atoms with van der Waals surface area (Å²) in [6.45, 7) is 5.78. The van der Waals surface area contributed by atoms with Crippen LogP contribution in [0.1, 0.15) is 102 Å². The third kappa shape index (κ3) is 9.90. The van der Waals surface area contributed by atoms with E-state index in [1.807, 2.05) is 22.9 Å². The summed E-state index contributed by atoms with van der Waals surface area (Å²) in [6.07, 6.45) is 8.66. The van der Waals surface area contributed by atoms with Crippen LogP contribution in [-0.4, -0.2) is 67.3 Å². The molecule has 1 aliphatic rings. The number of nitrogens with zero attached hydrogens (tertiary/aromatic N) is 2. The molecule has 1 saturated carbocycles. The van der Waals surface area contributed by atoms with E-state index in [0.717, 1.165) is 36.9 Å². The van der Waals surface area contributed by atoms with Gasteiger partial charge in [0.15, 0.2) is 5.69 Å². The number of carbonyl (C=O) groups is 3. The minimum atomic E-state index is -0.866. The van der Waals surface area contributed by atoms with Crippen LogP contribution in [0.2, 0.25) is 0 Å². The normalized spacial score (nSPS) is 15.0. The van der Waals surface area contributed by atoms with Gasteiger partial charge in [-0.15, -0.1) is 0 Å². The molecule has 1 fully saturated rings. The summed E-state index contributed by atoms with van der Waals surface area (Å²) in [4.78, 5) is 38.1. The predicted molar refractivity (Wildman–Crippen MR) is 163 cm³/mol. The van der Waals surface area contributed by atoms with E-state index in [0.29, 0.717) is 37.3 Å². The van der Waals surface area contributed by atoms with E-state index in [1.165, 1.54) is 26.4 Å². The molecule has 1 aliphatic carbocycles. The molecule has 0 spiro atoms. The number of carbonyl (C=O) groups excluding carboxylic acids is 3. The fraction of sp³-hybridized carbons (Fsp3) is 0.625. The quantitative estimate of drug-likeness (QED) is 0.230. The predicted octanol–water partition coefficient (Wildman–Crippen LogP) is 5.82. The minimum Gasteiger partial charge on any atom is -0.496 e. The molecule has 2 N–H and O–H groups in total. The Labute approximate surface area is 255 Å². The van der Waals surface area contributed by atoms with Crippen LogP contribution >= 0.6 is 0 Å². The van der Waals surface area contributed by atoms with Gasteiger partial charge in [-0.05, 0) is 71.1 Å². The molecular formula is C32H48N4O7. The molecule has 1 aromatic carbocycles. The Bertz CT molecular complexity index is 1190. The van der Waals surface area contributed by atoms with Crippen molar-refractivity contribution >= 4 is 18.0 Å². The zero-order valence-electron chi connectivity index (χ0n) is 26.5. The van der Waals surface area contributed by atoms with Crippen molar-refractivity contribution in [2.45, 2.75) is 103 Å². The number of benzene rings is 1. The van der Waals surface area contributed by atoms with Gasteiger partial charge in [-0.1, -0.05) is 38.2 Å². The number of hydrogen-bond acceptors (Lipinski definition) is 8. The molecule has 0 unspecified atom stereocenters. The van der Waals surface area contributed by atoms with Crippen molar-refractivity contribution in [2.75, 3.05) is 27.9 Å². The van der Waals surface area contributed by atoms with E-state index in [4.69, 9.17) is 24.0 Å². The summed E-state index contributed by atoms with van der Waals surface area (Å²) in [7, 11) is 4.50. The molecule has 0 aliphatic heterocycles. The second kappa shape index (κ2) is 16.2. The maximum Gasteiger partial charge on any atom is 0.407 e. The number of unbranched alkanes of at least 4 members (excludes halogenated alkanes) is 1. The van der Waals surface area contributed by atoms with Crippen molar-refractivity contribution in [1.82, 2.24) is 20.4 Å². The topological polar surface area (TPSA) is 130 Å². The monoisotopic (exact) mass is 600 g/mol. The Hall–Kier alpha value is -3.76. The summed E-state index contributed by atoms with van der Waals surface area (Å²) in [6, 6.07) is 6.56. The van der Waals surface area contributed by atoms with Crippen LogP contribution in [0.15, 0.2) is 24.3 Å². The van der Waals surface area contributed by atoms with Crippen molar-refractivity contribution in [3.8, 4) is 22.8 Å². The second-order valence-corrected chi connectivity index (χ2v) is 11.9. The first-order valence-corrected chi connectivity index (χ1v) is 15.2. The highest BCUT2D eigenvalue weighted by Gasteiger charge is 2.28. The van der Waals surface area contributed by atoms with Crippen molar-refractivity contribution in [2.24, 2.45) is 0 Å². The number of hydrogen-bond donors (Lipinski definition) is 2. The molecule has 1 atom stereocenters. The maximum absolute atomic E-state index is 13.6. The van der Waals surface area contributed by atoms with Crippen LogP contribution < -0.4 is 20.1 Å². The van der Waals surface area contributed by atoms with Crippen LogP contribution in [0, 0.1) is 0 Å². The second-order valence-electron chi connectivity index (χ2n) is 11.9. The number of alkyl carbamates (subject to hydrolysis) is 1. The van der Waals surface area contributed by atoms with E-state index in [-0.39, 0.29) is 11.7 Å². The number of rotatable bonds is 12. The lowest BCUT2D eigenvalue weighted by Crippen LogP contribution is -2.41. The van der Waals surface area contributed by atoms with Gasteiger partial charge in [0.1, 0.15) is 23.1 Å². The Balaban J connectivity index is 1.81. The van der Waals surface area contributed by atoms with Gasteiger partial charge < -0.3 is 29.6 Å². The number of amides is 2. The fourth-order valence-electron chi connectivity index (χ4n) is 5.35. The van der Waals surface area contributed by atoms with Crippen LogP contribution in [0.4, 0.5) is 4.79 Å². The molecule has 0 radical (unpaired) electrons. The van der Waals surface area contributed by atoms with Gasteiger partial charge in [0.25, 0.3) is 5.91 Å². The number of aromatic nitrogens is 2. The molecule has 0 saturated heterocycles. The van der Waals surface area contributed by atoms with E-state index >= 15 is 0 Å². The van der Waals surface area contributed by atoms with Crippen molar-refractivity contribution in [1.29, 1.82) is 0 Å². The average molecular weight is 601 g/mol. The van der Waals surface area contributed by atoms with E-state index in [9.17, 15) is 14.4 Å². The summed E-state index contributed by atoms with van der Waals surface area (Å²) < 4.78 is 23.6. The first-order valence-electron chi connectivity index (χ1n) is 15.2. The third-order valence-corrected chi connectivity index (χ3v) is 7.45. The van der Waals surface area contributed by atoms with E-state index < -0.39 is 29.6 Å². The lowest BCUT2D eigenvalue weighted by molar-refractivity contribution is -0.143. The molecule has 0 bridgehead atoms. The highest BCUT2D eigenvalue weighted by atomic mass is 16.6. The van der Waals surface area contributed by atoms with E-state index in [1.54, 1.807) is 41.1 Å². The Morgan fingerprint density at radius 2 is 1.60 bits per heavy atom. The van der Waals surface area contributed by atoms with Crippen LogP contribution in [0.5, 0.6) is 11.5 Å². The smallest absolute Gasteiger partial charge is 0.407 e. The lowest BCUT2D eigenvalue weighted by Gasteiger charge is -2.23. The van der Waals surface area contributed by atoms with E-state index in [2.05, 4.69) is 10.6 Å². The van der Waals surface area contributed by atoms with Gasteiger partial charge in [-0.25, -0.2) is 9.59 Å². The highest BCUT2D eigenvalue weighted by molar-refractivity contribution is 5.96. The molecule has 43 heavy (non-hydrogen) atoms. The van der Waals surface area contributed by atoms with Gasteiger partial charge in [0, 0.05) is 6.54 Å². The van der Waals surface area contributed by atoms with Gasteiger partial charge in [-0.3, -0.25) is 9.48 Å². The van der Waals surface area contributed by atoms with Gasteiger partial charge in [0.05, 0.1) is 38.6 Å². The summed E-state index contributed by atoms with van der Waals surface area (Å²) in [5.41, 5.74) is 1.07. The van der Waals surface area contributed by atoms with Crippen LogP contribution in [0.3, 0.4) is 0 Å². The average Bonchev–Trinajstić information content (AvgIpc) is 3.39. The Kier molecular flexibility index (Phi) is 12.7. The fourth-order valence-corrected chi connectivity index (χ4v) is 5.35. The zero-order valence-corrected chi connectivity index (χ0v) is 26.5. The number of esters is 1. The SMILES string of the molecule is COC(=O)[C@H](CCCCNC(=O)OC(C)(C)C)NC(=O)c1cc(-c2c(OC)cccc2OC)n(C2CCCCCCC2)n1. The third-order valence-electron chi connectivity index (χ3n) is 7.45. The molecule has 2 aromatic rings. The van der Waals surface area contributed by atoms with Crippen molar-refractivity contribution < 1.29 is 33.3 Å². The Morgan fingerprint density at radius 1 is 0.977 bits per heavy atom. The minimum absolute atomic E-state index is 0.111. The Morgan fingerprint density at radius 3 is 2.19 bits per heavy atom. The first kappa shape index (κ1) is 33.7. The van der Waals surface area contributed by atoms with Crippen LogP contribution in [-0.2, 0) is 14.3 Å². The molecule has 2 amide bonds. The molecule has 11 heteroatoms. The van der Waals surface area contributed by atoms with Crippen LogP contribution in [0.25, 0.3) is 11.3 Å². The van der Waals surface area contributed by atoms with Crippen molar-refractivity contribution in [3.63, 3.8) is 0 Å². The molecule has 1 aromatic heterocycles. The summed E-state index contributed by atoms with van der Waals surface area (Å²) in [5.74, 6) is 0.220. The molecule has 11 nitrogen and oxygen atoms in total. The molecule has 1 heterocycles. The number of nitrogens with one attached hydrogen (secondary N) is 2. The van der Waals surface area contributed by atoms with Gasteiger partial charge >= 0.3 is 12.1 Å². The molecule has 3 rings (SSSR count). The standard InChI is InChI=1S/C32H48N4O7/c1-32(2,3)43-31(39)33-20-13-12-17-23(30(38)42-6)34-29(37)24-21-25(28-26(40-4)18-14-19-27(28)41-5)36(35-24)22-15-10-8-7-9-11-16-22/h14,18-19,21-23H,7-13,15-17,20H2,1-6H3,(H,33,39)(H,34,37)/t23-/m0/s1. The molecule has 238 valence electrons. The number of ether oxygens (including phenoxy) is 4. The lowest BCUT2D eigenvalue weighted by atomic mass is 9.96. The summed E-state index contributed by atoms with van der Waals surface area (Å²) >= 11 is 0. The van der Waals surface area contributed by atoms with Gasteiger partial charge in [-0.2, -0.15) is 5.10 Å². The molecular weight excluding hydrogens is 552 g/mol. The largest absolute Gasteiger partial charge is 0.496 e. The number of methoxy groups -OCH3 is 3. The van der Waals surface area contributed by atoms with Crippen molar-refractivity contribution in [3.05, 3.63) is 30.0 Å².